The molecule has 2 aromatic rings. The maximum atomic E-state index is 12.3. The van der Waals surface area contributed by atoms with E-state index >= 15 is 0 Å². The second-order valence-corrected chi connectivity index (χ2v) is 6.25. The molecule has 21 heavy (non-hydrogen) atoms. The summed E-state index contributed by atoms with van der Waals surface area (Å²) in [4.78, 5) is 18.7. The van der Waals surface area contributed by atoms with Crippen molar-refractivity contribution in [2.75, 3.05) is 11.4 Å². The van der Waals surface area contributed by atoms with Crippen molar-refractivity contribution in [2.24, 2.45) is 0 Å². The Kier molecular flexibility index (Phi) is 3.68. The number of anilines is 1. The summed E-state index contributed by atoms with van der Waals surface area (Å²) in [6, 6.07) is 5.94. The van der Waals surface area contributed by atoms with Crippen molar-refractivity contribution in [3.05, 3.63) is 28.6 Å². The molecule has 110 valence electrons. The van der Waals surface area contributed by atoms with E-state index in [1.807, 2.05) is 35.4 Å². The van der Waals surface area contributed by atoms with Crippen LogP contribution in [0.25, 0.3) is 11.3 Å². The number of hydrogen-bond acceptors (Lipinski definition) is 4. The van der Waals surface area contributed by atoms with Gasteiger partial charge in [0.15, 0.2) is 6.10 Å². The number of carbonyl (C=O) groups excluding carboxylic acids is 1. The van der Waals surface area contributed by atoms with Crippen LogP contribution in [-0.4, -0.2) is 23.5 Å². The van der Waals surface area contributed by atoms with Gasteiger partial charge in [0.1, 0.15) is 5.75 Å². The summed E-state index contributed by atoms with van der Waals surface area (Å²) < 4.78 is 5.71. The van der Waals surface area contributed by atoms with Crippen LogP contribution >= 0.6 is 11.3 Å². The Morgan fingerprint density at radius 1 is 1.43 bits per heavy atom. The molecule has 2 heterocycles. The molecule has 0 bridgehead atoms. The Balaban J connectivity index is 2.05. The highest BCUT2D eigenvalue weighted by Gasteiger charge is 2.31. The van der Waals surface area contributed by atoms with E-state index in [1.165, 1.54) is 0 Å². The fourth-order valence-corrected chi connectivity index (χ4v) is 3.14. The topological polar surface area (TPSA) is 42.4 Å². The van der Waals surface area contributed by atoms with Crippen LogP contribution < -0.4 is 9.64 Å². The van der Waals surface area contributed by atoms with Crippen LogP contribution in [0.4, 0.5) is 5.69 Å². The second-order valence-electron chi connectivity index (χ2n) is 5.18. The lowest BCUT2D eigenvalue weighted by atomic mass is 10.1. The lowest BCUT2D eigenvalue weighted by Crippen LogP contribution is -2.44. The molecule has 1 aliphatic heterocycles. The summed E-state index contributed by atoms with van der Waals surface area (Å²) >= 11 is 1.63. The number of amides is 1. The minimum absolute atomic E-state index is 0.0240. The fraction of sp³-hybridized carbons (Fsp3) is 0.375. The maximum absolute atomic E-state index is 12.3. The molecule has 0 saturated heterocycles. The first-order valence-electron chi connectivity index (χ1n) is 7.14. The molecule has 0 radical (unpaired) electrons. The van der Waals surface area contributed by atoms with Gasteiger partial charge in [-0.1, -0.05) is 6.92 Å². The highest BCUT2D eigenvalue weighted by atomic mass is 32.1. The Bertz CT molecular complexity index is 681. The Labute approximate surface area is 128 Å². The van der Waals surface area contributed by atoms with E-state index in [-0.39, 0.29) is 5.91 Å². The van der Waals surface area contributed by atoms with Crippen molar-refractivity contribution in [2.45, 2.75) is 33.3 Å². The molecule has 1 unspecified atom stereocenters. The van der Waals surface area contributed by atoms with E-state index in [0.717, 1.165) is 34.1 Å². The molecule has 0 fully saturated rings. The maximum Gasteiger partial charge on any atom is 0.267 e. The largest absolute Gasteiger partial charge is 0.479 e. The Hall–Kier alpha value is -1.88. The van der Waals surface area contributed by atoms with Gasteiger partial charge in [-0.15, -0.1) is 11.3 Å². The highest BCUT2D eigenvalue weighted by Crippen LogP contribution is 2.37. The molecule has 1 amide bonds. The van der Waals surface area contributed by atoms with Gasteiger partial charge in [0.25, 0.3) is 5.91 Å². The monoisotopic (exact) mass is 302 g/mol. The molecular formula is C16H18N2O2S. The van der Waals surface area contributed by atoms with E-state index in [4.69, 9.17) is 4.74 Å². The number of rotatable bonds is 3. The zero-order valence-corrected chi connectivity index (χ0v) is 13.2. The van der Waals surface area contributed by atoms with Crippen LogP contribution in [-0.2, 0) is 4.79 Å². The van der Waals surface area contributed by atoms with Crippen molar-refractivity contribution in [1.82, 2.24) is 4.98 Å². The lowest BCUT2D eigenvalue weighted by molar-refractivity contribution is -0.125. The fourth-order valence-electron chi connectivity index (χ4n) is 2.52. The predicted molar refractivity (Wildman–Crippen MR) is 85.0 cm³/mol. The van der Waals surface area contributed by atoms with Crippen molar-refractivity contribution in [1.29, 1.82) is 0 Å². The van der Waals surface area contributed by atoms with Crippen LogP contribution in [0.2, 0.25) is 0 Å². The van der Waals surface area contributed by atoms with Crippen molar-refractivity contribution in [3.8, 4) is 17.0 Å². The van der Waals surface area contributed by atoms with Crippen molar-refractivity contribution in [3.63, 3.8) is 0 Å². The van der Waals surface area contributed by atoms with Gasteiger partial charge < -0.3 is 9.64 Å². The molecule has 1 aromatic carbocycles. The first-order valence-corrected chi connectivity index (χ1v) is 8.02. The third kappa shape index (κ3) is 2.53. The Morgan fingerprint density at radius 3 is 2.90 bits per heavy atom. The number of aromatic nitrogens is 1. The minimum Gasteiger partial charge on any atom is -0.479 e. The summed E-state index contributed by atoms with van der Waals surface area (Å²) in [5.41, 5.74) is 2.82. The highest BCUT2D eigenvalue weighted by molar-refractivity contribution is 7.09. The molecule has 1 aliphatic rings. The summed E-state index contributed by atoms with van der Waals surface area (Å²) in [5.74, 6) is 0.794. The first kappa shape index (κ1) is 14.1. The van der Waals surface area contributed by atoms with Gasteiger partial charge in [-0.25, -0.2) is 4.98 Å². The quantitative estimate of drug-likeness (QED) is 0.869. The number of thiazole rings is 1. The zero-order valence-electron chi connectivity index (χ0n) is 12.4. The molecule has 1 aromatic heterocycles. The number of ether oxygens (including phenoxy) is 1. The van der Waals surface area contributed by atoms with Gasteiger partial charge in [0, 0.05) is 17.5 Å². The van der Waals surface area contributed by atoms with Gasteiger partial charge in [0.2, 0.25) is 0 Å². The average Bonchev–Trinajstić information content (AvgIpc) is 2.90. The third-order valence-corrected chi connectivity index (χ3v) is 4.30. The van der Waals surface area contributed by atoms with Crippen molar-refractivity contribution < 1.29 is 9.53 Å². The second kappa shape index (κ2) is 5.48. The number of nitrogens with zero attached hydrogens (tertiary/aromatic N) is 2. The standard InChI is InChI=1S/C16H18N2O2S/c1-4-7-18-14-8-12(13-9-21-11(3)17-13)5-6-15(14)20-10(2)16(18)19/h5-6,8-10H,4,7H2,1-3H3. The molecule has 1 atom stereocenters. The normalized spacial score (nSPS) is 17.6. The van der Waals surface area contributed by atoms with Crippen LogP contribution in [0.15, 0.2) is 23.6 Å². The van der Waals surface area contributed by atoms with E-state index in [2.05, 4.69) is 11.9 Å². The lowest BCUT2D eigenvalue weighted by Gasteiger charge is -2.33. The SMILES string of the molecule is CCCN1C(=O)C(C)Oc2ccc(-c3csc(C)n3)cc21. The average molecular weight is 302 g/mol. The molecule has 3 rings (SSSR count). The van der Waals surface area contributed by atoms with Gasteiger partial charge in [0.05, 0.1) is 16.4 Å². The molecule has 4 nitrogen and oxygen atoms in total. The van der Waals surface area contributed by atoms with Gasteiger partial charge >= 0.3 is 0 Å². The van der Waals surface area contributed by atoms with Gasteiger partial charge in [-0.2, -0.15) is 0 Å². The molecule has 0 spiro atoms. The van der Waals surface area contributed by atoms with Crippen LogP contribution in [0.5, 0.6) is 5.75 Å². The molecule has 0 saturated carbocycles. The number of hydrogen-bond donors (Lipinski definition) is 0. The molecule has 0 aliphatic carbocycles. The summed E-state index contributed by atoms with van der Waals surface area (Å²) in [7, 11) is 0. The molecule has 5 heteroatoms. The van der Waals surface area contributed by atoms with Gasteiger partial charge in [-0.3, -0.25) is 4.79 Å². The Morgan fingerprint density at radius 2 is 2.24 bits per heavy atom. The third-order valence-electron chi connectivity index (χ3n) is 3.53. The number of fused-ring (bicyclic) bond motifs is 1. The van der Waals surface area contributed by atoms with Crippen molar-refractivity contribution >= 4 is 22.9 Å². The number of carbonyl (C=O) groups is 1. The molecular weight excluding hydrogens is 284 g/mol. The number of aryl methyl sites for hydroxylation is 1. The van der Waals surface area contributed by atoms with Crippen LogP contribution in [0.3, 0.4) is 0 Å². The smallest absolute Gasteiger partial charge is 0.267 e. The van der Waals surface area contributed by atoms with E-state index in [0.29, 0.717) is 6.54 Å². The zero-order chi connectivity index (χ0) is 15.0. The van der Waals surface area contributed by atoms with Gasteiger partial charge in [-0.05, 0) is 38.5 Å². The summed E-state index contributed by atoms with van der Waals surface area (Å²) in [6.45, 7) is 6.57. The minimum atomic E-state index is -0.420. The van der Waals surface area contributed by atoms with E-state index < -0.39 is 6.10 Å². The summed E-state index contributed by atoms with van der Waals surface area (Å²) in [5, 5.41) is 3.07. The number of benzene rings is 1. The van der Waals surface area contributed by atoms with Crippen LogP contribution in [0.1, 0.15) is 25.3 Å². The summed E-state index contributed by atoms with van der Waals surface area (Å²) in [6.07, 6.45) is 0.495. The first-order chi connectivity index (χ1) is 10.1. The predicted octanol–water partition coefficient (Wildman–Crippen LogP) is 3.64. The van der Waals surface area contributed by atoms with E-state index in [1.54, 1.807) is 18.3 Å². The molecule has 0 N–H and O–H groups in total. The van der Waals surface area contributed by atoms with E-state index in [9.17, 15) is 4.79 Å². The van der Waals surface area contributed by atoms with Crippen LogP contribution in [0, 0.1) is 6.92 Å².